The molecule has 2 aromatic rings. The first kappa shape index (κ1) is 14.4. The third kappa shape index (κ3) is 3.09. The molecule has 0 fully saturated rings. The molecule has 1 atom stereocenters. The molecule has 2 rings (SSSR count). The fourth-order valence-electron chi connectivity index (χ4n) is 1.95. The van der Waals surface area contributed by atoms with E-state index in [2.05, 4.69) is 11.4 Å². The van der Waals surface area contributed by atoms with Crippen molar-refractivity contribution in [1.82, 2.24) is 0 Å². The first-order chi connectivity index (χ1) is 9.51. The standard InChI is InChI=1S/C16H14ClFN2/c1-10-3-4-12(9-19)7-16(10)20-11(2)13-5-6-14(17)15(18)8-13/h3-8,11,20H,1-2H3. The van der Waals surface area contributed by atoms with Crippen LogP contribution < -0.4 is 5.32 Å². The molecule has 2 aromatic carbocycles. The minimum Gasteiger partial charge on any atom is -0.378 e. The Hall–Kier alpha value is -2.05. The van der Waals surface area contributed by atoms with E-state index in [1.54, 1.807) is 24.3 Å². The topological polar surface area (TPSA) is 35.8 Å². The molecule has 0 amide bonds. The van der Waals surface area contributed by atoms with Crippen LogP contribution in [-0.4, -0.2) is 0 Å². The summed E-state index contributed by atoms with van der Waals surface area (Å²) in [6.45, 7) is 3.89. The Morgan fingerprint density at radius 2 is 2.00 bits per heavy atom. The second-order valence-electron chi connectivity index (χ2n) is 4.68. The van der Waals surface area contributed by atoms with Gasteiger partial charge in [-0.2, -0.15) is 5.26 Å². The van der Waals surface area contributed by atoms with Gasteiger partial charge in [0.05, 0.1) is 16.7 Å². The molecule has 0 radical (unpaired) electrons. The van der Waals surface area contributed by atoms with Gasteiger partial charge in [-0.3, -0.25) is 0 Å². The van der Waals surface area contributed by atoms with E-state index < -0.39 is 5.82 Å². The highest BCUT2D eigenvalue weighted by atomic mass is 35.5. The summed E-state index contributed by atoms with van der Waals surface area (Å²) < 4.78 is 13.5. The number of aryl methyl sites for hydroxylation is 1. The number of anilines is 1. The largest absolute Gasteiger partial charge is 0.378 e. The molecule has 102 valence electrons. The molecular weight excluding hydrogens is 275 g/mol. The third-order valence-corrected chi connectivity index (χ3v) is 3.49. The lowest BCUT2D eigenvalue weighted by Crippen LogP contribution is -2.08. The van der Waals surface area contributed by atoms with Crippen LogP contribution in [0.4, 0.5) is 10.1 Å². The molecule has 0 aliphatic carbocycles. The van der Waals surface area contributed by atoms with Gasteiger partial charge in [-0.05, 0) is 49.2 Å². The summed E-state index contributed by atoms with van der Waals surface area (Å²) >= 11 is 5.68. The molecule has 0 saturated carbocycles. The van der Waals surface area contributed by atoms with Gasteiger partial charge in [0, 0.05) is 11.7 Å². The van der Waals surface area contributed by atoms with Crippen LogP contribution in [0.3, 0.4) is 0 Å². The molecule has 1 unspecified atom stereocenters. The number of nitrogens with one attached hydrogen (secondary N) is 1. The summed E-state index contributed by atoms with van der Waals surface area (Å²) in [5.41, 5.74) is 3.29. The lowest BCUT2D eigenvalue weighted by atomic mass is 10.1. The predicted octanol–water partition coefficient (Wildman–Crippen LogP) is 4.83. The summed E-state index contributed by atoms with van der Waals surface area (Å²) in [7, 11) is 0. The smallest absolute Gasteiger partial charge is 0.142 e. The second kappa shape index (κ2) is 5.94. The van der Waals surface area contributed by atoms with Crippen molar-refractivity contribution in [2.75, 3.05) is 5.32 Å². The molecule has 0 aliphatic rings. The van der Waals surface area contributed by atoms with E-state index in [-0.39, 0.29) is 11.1 Å². The van der Waals surface area contributed by atoms with Gasteiger partial charge in [0.1, 0.15) is 5.82 Å². The first-order valence-corrected chi connectivity index (χ1v) is 6.61. The van der Waals surface area contributed by atoms with Crippen LogP contribution >= 0.6 is 11.6 Å². The van der Waals surface area contributed by atoms with Gasteiger partial charge in [0.2, 0.25) is 0 Å². The first-order valence-electron chi connectivity index (χ1n) is 6.23. The van der Waals surface area contributed by atoms with Gasteiger partial charge < -0.3 is 5.32 Å². The molecular formula is C16H14ClFN2. The fourth-order valence-corrected chi connectivity index (χ4v) is 2.06. The Morgan fingerprint density at radius 3 is 2.65 bits per heavy atom. The molecule has 2 nitrogen and oxygen atoms in total. The lowest BCUT2D eigenvalue weighted by Gasteiger charge is -2.18. The van der Waals surface area contributed by atoms with Crippen LogP contribution in [-0.2, 0) is 0 Å². The maximum atomic E-state index is 13.5. The van der Waals surface area contributed by atoms with Crippen LogP contribution in [0, 0.1) is 24.1 Å². The van der Waals surface area contributed by atoms with Crippen molar-refractivity contribution in [3.63, 3.8) is 0 Å². The van der Waals surface area contributed by atoms with Crippen molar-refractivity contribution in [2.45, 2.75) is 19.9 Å². The van der Waals surface area contributed by atoms with Crippen LogP contribution in [0.15, 0.2) is 36.4 Å². The van der Waals surface area contributed by atoms with E-state index in [0.29, 0.717) is 5.56 Å². The Bertz CT molecular complexity index is 677. The van der Waals surface area contributed by atoms with Crippen LogP contribution in [0.1, 0.15) is 29.7 Å². The van der Waals surface area contributed by atoms with E-state index in [4.69, 9.17) is 16.9 Å². The van der Waals surface area contributed by atoms with Crippen molar-refractivity contribution in [2.24, 2.45) is 0 Å². The average Bonchev–Trinajstić information content (AvgIpc) is 2.44. The van der Waals surface area contributed by atoms with Crippen molar-refractivity contribution in [1.29, 1.82) is 5.26 Å². The Labute approximate surface area is 122 Å². The average molecular weight is 289 g/mol. The molecule has 4 heteroatoms. The molecule has 0 aliphatic heterocycles. The summed E-state index contributed by atoms with van der Waals surface area (Å²) in [5, 5.41) is 12.3. The van der Waals surface area contributed by atoms with Crippen molar-refractivity contribution < 1.29 is 4.39 Å². The van der Waals surface area contributed by atoms with Crippen molar-refractivity contribution >= 4 is 17.3 Å². The summed E-state index contributed by atoms with van der Waals surface area (Å²) in [4.78, 5) is 0. The van der Waals surface area contributed by atoms with Crippen molar-refractivity contribution in [3.8, 4) is 6.07 Å². The molecule has 20 heavy (non-hydrogen) atoms. The monoisotopic (exact) mass is 288 g/mol. The molecule has 0 heterocycles. The summed E-state index contributed by atoms with van der Waals surface area (Å²) in [5.74, 6) is -0.430. The quantitative estimate of drug-likeness (QED) is 0.878. The number of hydrogen-bond acceptors (Lipinski definition) is 2. The predicted molar refractivity (Wildman–Crippen MR) is 79.3 cm³/mol. The normalized spacial score (nSPS) is 11.8. The highest BCUT2D eigenvalue weighted by molar-refractivity contribution is 6.30. The number of benzene rings is 2. The van der Waals surface area contributed by atoms with E-state index in [9.17, 15) is 4.39 Å². The van der Waals surface area contributed by atoms with Gasteiger partial charge >= 0.3 is 0 Å². The third-order valence-electron chi connectivity index (χ3n) is 3.18. The highest BCUT2D eigenvalue weighted by Crippen LogP contribution is 2.25. The minimum atomic E-state index is -0.430. The Kier molecular flexibility index (Phi) is 4.26. The molecule has 0 spiro atoms. The Balaban J connectivity index is 2.25. The zero-order valence-electron chi connectivity index (χ0n) is 11.2. The number of nitrogens with zero attached hydrogens (tertiary/aromatic N) is 1. The van der Waals surface area contributed by atoms with Gasteiger partial charge in [-0.15, -0.1) is 0 Å². The summed E-state index contributed by atoms with van der Waals surface area (Å²) in [6.07, 6.45) is 0. The van der Waals surface area contributed by atoms with Gasteiger partial charge in [-0.25, -0.2) is 4.39 Å². The molecule has 0 aromatic heterocycles. The van der Waals surface area contributed by atoms with Gasteiger partial charge in [0.25, 0.3) is 0 Å². The maximum Gasteiger partial charge on any atom is 0.142 e. The van der Waals surface area contributed by atoms with Crippen LogP contribution in [0.2, 0.25) is 5.02 Å². The zero-order chi connectivity index (χ0) is 14.7. The number of halogens is 2. The number of nitriles is 1. The second-order valence-corrected chi connectivity index (χ2v) is 5.09. The minimum absolute atomic E-state index is 0.0885. The Morgan fingerprint density at radius 1 is 1.25 bits per heavy atom. The van der Waals surface area contributed by atoms with Crippen molar-refractivity contribution in [3.05, 3.63) is 63.9 Å². The SMILES string of the molecule is Cc1ccc(C#N)cc1NC(C)c1ccc(Cl)c(F)c1. The molecule has 0 saturated heterocycles. The lowest BCUT2D eigenvalue weighted by molar-refractivity contribution is 0.624. The molecule has 0 bridgehead atoms. The maximum absolute atomic E-state index is 13.5. The van der Waals surface area contributed by atoms with E-state index in [1.807, 2.05) is 19.9 Å². The number of hydrogen-bond donors (Lipinski definition) is 1. The number of rotatable bonds is 3. The van der Waals surface area contributed by atoms with E-state index >= 15 is 0 Å². The van der Waals surface area contributed by atoms with Crippen LogP contribution in [0.5, 0.6) is 0 Å². The van der Waals surface area contributed by atoms with E-state index in [0.717, 1.165) is 16.8 Å². The fraction of sp³-hybridized carbons (Fsp3) is 0.188. The zero-order valence-corrected chi connectivity index (χ0v) is 12.0. The van der Waals surface area contributed by atoms with Crippen LogP contribution in [0.25, 0.3) is 0 Å². The van der Waals surface area contributed by atoms with Gasteiger partial charge in [0.15, 0.2) is 0 Å². The summed E-state index contributed by atoms with van der Waals surface area (Å²) in [6, 6.07) is 12.2. The highest BCUT2D eigenvalue weighted by Gasteiger charge is 2.10. The van der Waals surface area contributed by atoms with E-state index in [1.165, 1.54) is 6.07 Å². The molecule has 1 N–H and O–H groups in total. The van der Waals surface area contributed by atoms with Gasteiger partial charge in [-0.1, -0.05) is 23.7 Å².